The van der Waals surface area contributed by atoms with Crippen molar-refractivity contribution in [2.45, 2.75) is 32.4 Å². The molecule has 0 bridgehead atoms. The average molecular weight is 428 g/mol. The smallest absolute Gasteiger partial charge is 0.263 e. The SMILES string of the molecule is Cc1ccn(C2CCNCC2)c(=O)c1C(=O)N(C)Cc1cnc2ccccc2n1.Cl. The molecule has 3 heterocycles. The number of benzene rings is 1. The number of halogens is 1. The minimum atomic E-state index is -0.286. The van der Waals surface area contributed by atoms with E-state index in [4.69, 9.17) is 0 Å². The number of amides is 1. The molecule has 7 nitrogen and oxygen atoms in total. The van der Waals surface area contributed by atoms with Crippen LogP contribution in [-0.4, -0.2) is 45.5 Å². The van der Waals surface area contributed by atoms with E-state index in [9.17, 15) is 9.59 Å². The molecule has 1 aliphatic heterocycles. The van der Waals surface area contributed by atoms with Crippen LogP contribution in [-0.2, 0) is 6.54 Å². The first-order valence-electron chi connectivity index (χ1n) is 9.93. The maximum absolute atomic E-state index is 13.1. The van der Waals surface area contributed by atoms with Crippen LogP contribution < -0.4 is 10.9 Å². The number of nitrogens with zero attached hydrogens (tertiary/aromatic N) is 4. The van der Waals surface area contributed by atoms with Crippen molar-refractivity contribution in [3.8, 4) is 0 Å². The highest BCUT2D eigenvalue weighted by molar-refractivity contribution is 5.95. The zero-order valence-corrected chi connectivity index (χ0v) is 18.0. The standard InChI is InChI=1S/C22H25N5O2.ClH/c1-15-9-12-27(17-7-10-23-11-8-17)22(29)20(15)21(28)26(2)14-16-13-24-18-5-3-4-6-19(18)25-16;/h3-6,9,12-13,17,23H,7-8,10-11,14H2,1-2H3;1H. The van der Waals surface area contributed by atoms with Crippen molar-refractivity contribution in [3.05, 3.63) is 69.9 Å². The molecule has 0 radical (unpaired) electrons. The molecule has 1 fully saturated rings. The summed E-state index contributed by atoms with van der Waals surface area (Å²) in [5, 5.41) is 3.31. The Morgan fingerprint density at radius 1 is 1.20 bits per heavy atom. The minimum Gasteiger partial charge on any atom is -0.336 e. The van der Waals surface area contributed by atoms with E-state index < -0.39 is 0 Å². The molecule has 30 heavy (non-hydrogen) atoms. The second kappa shape index (κ2) is 9.36. The van der Waals surface area contributed by atoms with Gasteiger partial charge in [0.2, 0.25) is 0 Å². The molecule has 1 N–H and O–H groups in total. The van der Waals surface area contributed by atoms with E-state index in [1.54, 1.807) is 17.8 Å². The first-order chi connectivity index (χ1) is 14.0. The van der Waals surface area contributed by atoms with Gasteiger partial charge in [-0.1, -0.05) is 12.1 Å². The maximum Gasteiger partial charge on any atom is 0.263 e. The van der Waals surface area contributed by atoms with Gasteiger partial charge < -0.3 is 14.8 Å². The molecule has 0 saturated carbocycles. The summed E-state index contributed by atoms with van der Waals surface area (Å²) in [4.78, 5) is 36.8. The lowest BCUT2D eigenvalue weighted by Gasteiger charge is -2.26. The number of aromatic nitrogens is 3. The highest BCUT2D eigenvalue weighted by atomic mass is 35.5. The molecular formula is C22H26ClN5O2. The first-order valence-corrected chi connectivity index (χ1v) is 9.93. The third-order valence-corrected chi connectivity index (χ3v) is 5.49. The molecule has 2 aromatic heterocycles. The fourth-order valence-electron chi connectivity index (χ4n) is 3.85. The third-order valence-electron chi connectivity index (χ3n) is 5.49. The predicted octanol–water partition coefficient (Wildman–Crippen LogP) is 2.72. The van der Waals surface area contributed by atoms with Gasteiger partial charge in [0.15, 0.2) is 0 Å². The summed E-state index contributed by atoms with van der Waals surface area (Å²) in [5.41, 5.74) is 3.01. The van der Waals surface area contributed by atoms with E-state index >= 15 is 0 Å². The van der Waals surface area contributed by atoms with E-state index in [0.717, 1.165) is 37.0 Å². The van der Waals surface area contributed by atoms with Crippen molar-refractivity contribution in [2.24, 2.45) is 0 Å². The van der Waals surface area contributed by atoms with Crippen LogP contribution in [0.25, 0.3) is 11.0 Å². The van der Waals surface area contributed by atoms with Crippen LogP contribution in [0.1, 0.15) is 40.5 Å². The molecule has 158 valence electrons. The summed E-state index contributed by atoms with van der Waals surface area (Å²) >= 11 is 0. The molecule has 4 rings (SSSR count). The van der Waals surface area contributed by atoms with Crippen molar-refractivity contribution in [3.63, 3.8) is 0 Å². The lowest BCUT2D eigenvalue weighted by atomic mass is 10.0. The van der Waals surface area contributed by atoms with Gasteiger partial charge in [-0.15, -0.1) is 12.4 Å². The number of carbonyl (C=O) groups is 1. The molecule has 0 atom stereocenters. The summed E-state index contributed by atoms with van der Waals surface area (Å²) in [6.45, 7) is 3.87. The number of carbonyl (C=O) groups excluding carboxylic acids is 1. The number of fused-ring (bicyclic) bond motifs is 1. The van der Waals surface area contributed by atoms with Gasteiger partial charge in [-0.3, -0.25) is 14.6 Å². The molecule has 1 aromatic carbocycles. The Bertz CT molecular complexity index is 1110. The zero-order chi connectivity index (χ0) is 20.4. The number of aryl methyl sites for hydroxylation is 1. The van der Waals surface area contributed by atoms with Crippen molar-refractivity contribution in [1.82, 2.24) is 24.8 Å². The number of pyridine rings is 1. The van der Waals surface area contributed by atoms with Crippen LogP contribution in [0, 0.1) is 6.92 Å². The zero-order valence-electron chi connectivity index (χ0n) is 17.2. The third kappa shape index (κ3) is 4.37. The molecule has 3 aromatic rings. The number of hydrogen-bond donors (Lipinski definition) is 1. The van der Waals surface area contributed by atoms with Crippen molar-refractivity contribution < 1.29 is 4.79 Å². The van der Waals surface area contributed by atoms with E-state index in [1.165, 1.54) is 4.90 Å². The summed E-state index contributed by atoms with van der Waals surface area (Å²) in [5.74, 6) is -0.286. The maximum atomic E-state index is 13.1. The van der Waals surface area contributed by atoms with E-state index in [-0.39, 0.29) is 42.0 Å². The van der Waals surface area contributed by atoms with Crippen LogP contribution in [0.4, 0.5) is 0 Å². The summed E-state index contributed by atoms with van der Waals surface area (Å²) in [6.07, 6.45) is 5.27. The lowest BCUT2D eigenvalue weighted by Crippen LogP contribution is -2.39. The molecule has 8 heteroatoms. The fraction of sp³-hybridized carbons (Fsp3) is 0.364. The average Bonchev–Trinajstić information content (AvgIpc) is 2.74. The molecule has 1 amide bonds. The summed E-state index contributed by atoms with van der Waals surface area (Å²) in [7, 11) is 1.69. The Kier molecular flexibility index (Phi) is 6.84. The van der Waals surface area contributed by atoms with Crippen LogP contribution in [0.2, 0.25) is 0 Å². The Morgan fingerprint density at radius 3 is 2.63 bits per heavy atom. The quantitative estimate of drug-likeness (QED) is 0.692. The second-order valence-corrected chi connectivity index (χ2v) is 7.58. The normalized spacial score (nSPS) is 14.3. The molecule has 0 unspecified atom stereocenters. The number of hydrogen-bond acceptors (Lipinski definition) is 5. The lowest BCUT2D eigenvalue weighted by molar-refractivity contribution is 0.0779. The number of para-hydroxylation sites is 2. The van der Waals surface area contributed by atoms with Crippen molar-refractivity contribution in [1.29, 1.82) is 0 Å². The largest absolute Gasteiger partial charge is 0.336 e. The Balaban J connectivity index is 0.00000256. The van der Waals surface area contributed by atoms with Crippen LogP contribution in [0.5, 0.6) is 0 Å². The fourth-order valence-corrected chi connectivity index (χ4v) is 3.85. The van der Waals surface area contributed by atoms with Crippen molar-refractivity contribution >= 4 is 29.3 Å². The van der Waals surface area contributed by atoms with E-state index in [0.29, 0.717) is 11.3 Å². The van der Waals surface area contributed by atoms with Crippen LogP contribution in [0.3, 0.4) is 0 Å². The summed E-state index contributed by atoms with van der Waals surface area (Å²) in [6, 6.07) is 9.61. The highest BCUT2D eigenvalue weighted by Crippen LogP contribution is 2.18. The highest BCUT2D eigenvalue weighted by Gasteiger charge is 2.23. The first kappa shape index (κ1) is 21.9. The number of rotatable bonds is 4. The second-order valence-electron chi connectivity index (χ2n) is 7.58. The van der Waals surface area contributed by atoms with Gasteiger partial charge in [0.05, 0.1) is 29.5 Å². The molecule has 0 spiro atoms. The molecule has 1 saturated heterocycles. The molecular weight excluding hydrogens is 402 g/mol. The molecule has 0 aliphatic carbocycles. The summed E-state index contributed by atoms with van der Waals surface area (Å²) < 4.78 is 1.73. The van der Waals surface area contributed by atoms with Gasteiger partial charge in [-0.05, 0) is 56.6 Å². The van der Waals surface area contributed by atoms with E-state index in [1.807, 2.05) is 43.5 Å². The monoisotopic (exact) mass is 427 g/mol. The van der Waals surface area contributed by atoms with Gasteiger partial charge in [0, 0.05) is 19.3 Å². The Morgan fingerprint density at radius 2 is 1.90 bits per heavy atom. The predicted molar refractivity (Wildman–Crippen MR) is 119 cm³/mol. The van der Waals surface area contributed by atoms with Crippen LogP contribution >= 0.6 is 12.4 Å². The van der Waals surface area contributed by atoms with Gasteiger partial charge in [-0.25, -0.2) is 4.98 Å². The van der Waals surface area contributed by atoms with Gasteiger partial charge >= 0.3 is 0 Å². The Hall–Kier alpha value is -2.77. The van der Waals surface area contributed by atoms with Gasteiger partial charge in [0.1, 0.15) is 5.56 Å². The van der Waals surface area contributed by atoms with E-state index in [2.05, 4.69) is 15.3 Å². The topological polar surface area (TPSA) is 80.1 Å². The molecule has 1 aliphatic rings. The number of piperidine rings is 1. The van der Waals surface area contributed by atoms with Crippen LogP contribution in [0.15, 0.2) is 47.5 Å². The van der Waals surface area contributed by atoms with Gasteiger partial charge in [-0.2, -0.15) is 0 Å². The number of nitrogens with one attached hydrogen (secondary N) is 1. The minimum absolute atomic E-state index is 0. The Labute approximate surface area is 181 Å². The van der Waals surface area contributed by atoms with Crippen molar-refractivity contribution in [2.75, 3.05) is 20.1 Å². The van der Waals surface area contributed by atoms with Gasteiger partial charge in [0.25, 0.3) is 11.5 Å².